The third-order valence-corrected chi connectivity index (χ3v) is 5.83. The summed E-state index contributed by atoms with van der Waals surface area (Å²) >= 11 is 3.32. The van der Waals surface area contributed by atoms with Crippen LogP contribution in [0.2, 0.25) is 0 Å². The van der Waals surface area contributed by atoms with Crippen LogP contribution in [0.1, 0.15) is 26.3 Å². The first kappa shape index (κ1) is 20.9. The van der Waals surface area contributed by atoms with Gasteiger partial charge in [0.2, 0.25) is 0 Å². The summed E-state index contributed by atoms with van der Waals surface area (Å²) in [5.41, 5.74) is 1.39. The third kappa shape index (κ3) is 4.09. The molecule has 1 fully saturated rings. The number of rotatable bonds is 5. The van der Waals surface area contributed by atoms with E-state index in [1.165, 1.54) is 4.57 Å². The number of anilines is 1. The Labute approximate surface area is 182 Å². The van der Waals surface area contributed by atoms with Crippen molar-refractivity contribution < 1.29 is 9.13 Å². The molecule has 0 bridgehead atoms. The highest BCUT2D eigenvalue weighted by molar-refractivity contribution is 9.10. The first-order chi connectivity index (χ1) is 14.3. The molecule has 2 aromatic heterocycles. The molecule has 0 unspecified atom stereocenters. The SMILES string of the molecule is CCn1cc(Cn2ccn(-c3cc(N4CCOC(C)(C)C4)cc(Br)c3F)c2=O)cn1. The van der Waals surface area contributed by atoms with Gasteiger partial charge >= 0.3 is 5.69 Å². The van der Waals surface area contributed by atoms with E-state index in [9.17, 15) is 9.18 Å². The van der Waals surface area contributed by atoms with Gasteiger partial charge in [-0.3, -0.25) is 13.8 Å². The van der Waals surface area contributed by atoms with E-state index < -0.39 is 5.82 Å². The van der Waals surface area contributed by atoms with Crippen LogP contribution >= 0.6 is 15.9 Å². The number of imidazole rings is 1. The van der Waals surface area contributed by atoms with Crippen molar-refractivity contribution in [2.24, 2.45) is 0 Å². The average molecular weight is 478 g/mol. The summed E-state index contributed by atoms with van der Waals surface area (Å²) < 4.78 is 25.8. The number of hydrogen-bond acceptors (Lipinski definition) is 4. The van der Waals surface area contributed by atoms with Crippen molar-refractivity contribution in [2.75, 3.05) is 24.6 Å². The highest BCUT2D eigenvalue weighted by Crippen LogP contribution is 2.31. The van der Waals surface area contributed by atoms with Crippen LogP contribution in [-0.4, -0.2) is 44.2 Å². The van der Waals surface area contributed by atoms with E-state index in [-0.39, 0.29) is 17.0 Å². The molecule has 0 saturated carbocycles. The molecule has 1 aromatic carbocycles. The van der Waals surface area contributed by atoms with Gasteiger partial charge in [0.1, 0.15) is 0 Å². The second-order valence-electron chi connectivity index (χ2n) is 8.07. The van der Waals surface area contributed by atoms with Crippen LogP contribution < -0.4 is 10.6 Å². The number of halogens is 2. The fourth-order valence-corrected chi connectivity index (χ4v) is 4.17. The molecule has 4 rings (SSSR count). The predicted octanol–water partition coefficient (Wildman–Crippen LogP) is 3.42. The monoisotopic (exact) mass is 477 g/mol. The summed E-state index contributed by atoms with van der Waals surface area (Å²) in [7, 11) is 0. The molecule has 3 heterocycles. The third-order valence-electron chi connectivity index (χ3n) is 5.26. The molecule has 0 amide bonds. The highest BCUT2D eigenvalue weighted by atomic mass is 79.9. The Morgan fingerprint density at radius 1 is 1.30 bits per heavy atom. The van der Waals surface area contributed by atoms with Gasteiger partial charge in [-0.2, -0.15) is 5.10 Å². The molecule has 0 N–H and O–H groups in total. The van der Waals surface area contributed by atoms with Crippen LogP contribution in [0, 0.1) is 5.82 Å². The second-order valence-corrected chi connectivity index (χ2v) is 8.93. The molecule has 1 aliphatic rings. The number of aryl methyl sites for hydroxylation is 1. The lowest BCUT2D eigenvalue weighted by Gasteiger charge is -2.39. The molecule has 160 valence electrons. The number of nitrogens with zero attached hydrogens (tertiary/aromatic N) is 5. The van der Waals surface area contributed by atoms with Gasteiger partial charge in [0.05, 0.1) is 35.1 Å². The van der Waals surface area contributed by atoms with Gasteiger partial charge in [-0.1, -0.05) is 0 Å². The van der Waals surface area contributed by atoms with Crippen LogP contribution in [0.25, 0.3) is 5.69 Å². The summed E-state index contributed by atoms with van der Waals surface area (Å²) in [6, 6.07) is 3.48. The lowest BCUT2D eigenvalue weighted by atomic mass is 10.1. The number of benzene rings is 1. The first-order valence-corrected chi connectivity index (χ1v) is 10.7. The Morgan fingerprint density at radius 3 is 2.80 bits per heavy atom. The molecule has 1 aliphatic heterocycles. The van der Waals surface area contributed by atoms with E-state index in [0.717, 1.165) is 17.8 Å². The standard InChI is InChI=1S/C21H25BrFN5O2/c1-4-27-13-15(11-24-27)12-25-5-6-28(20(25)29)18-10-16(9-17(22)19(18)23)26-7-8-30-21(2,3)14-26/h5-6,9-11,13H,4,7-8,12,14H2,1-3H3. The summed E-state index contributed by atoms with van der Waals surface area (Å²) in [6.45, 7) is 9.20. The molecule has 9 heteroatoms. The summed E-state index contributed by atoms with van der Waals surface area (Å²) in [4.78, 5) is 15.1. The molecule has 30 heavy (non-hydrogen) atoms. The van der Waals surface area contributed by atoms with Crippen molar-refractivity contribution >= 4 is 21.6 Å². The van der Waals surface area contributed by atoms with Gasteiger partial charge in [0.25, 0.3) is 0 Å². The maximum absolute atomic E-state index is 15.0. The van der Waals surface area contributed by atoms with Gasteiger partial charge in [0.15, 0.2) is 5.82 Å². The Balaban J connectivity index is 1.68. The van der Waals surface area contributed by atoms with Crippen LogP contribution in [0.5, 0.6) is 0 Å². The van der Waals surface area contributed by atoms with E-state index in [2.05, 4.69) is 25.9 Å². The summed E-state index contributed by atoms with van der Waals surface area (Å²) in [5.74, 6) is -0.468. The molecule has 0 radical (unpaired) electrons. The van der Waals surface area contributed by atoms with Crippen LogP contribution in [-0.2, 0) is 17.8 Å². The zero-order chi connectivity index (χ0) is 21.5. The van der Waals surface area contributed by atoms with E-state index >= 15 is 0 Å². The van der Waals surface area contributed by atoms with Crippen LogP contribution in [0.15, 0.2) is 46.2 Å². The molecule has 0 spiro atoms. The maximum Gasteiger partial charge on any atom is 0.333 e. The quantitative estimate of drug-likeness (QED) is 0.564. The fraction of sp³-hybridized carbons (Fsp3) is 0.429. The number of ether oxygens (including phenoxy) is 1. The zero-order valence-electron chi connectivity index (χ0n) is 17.3. The molecular formula is C21H25BrFN5O2. The lowest BCUT2D eigenvalue weighted by molar-refractivity contribution is -0.0276. The van der Waals surface area contributed by atoms with Crippen molar-refractivity contribution in [2.45, 2.75) is 39.5 Å². The topological polar surface area (TPSA) is 57.2 Å². The van der Waals surface area contributed by atoms with E-state index in [4.69, 9.17) is 4.74 Å². The highest BCUT2D eigenvalue weighted by Gasteiger charge is 2.28. The van der Waals surface area contributed by atoms with E-state index in [0.29, 0.717) is 30.7 Å². The largest absolute Gasteiger partial charge is 0.372 e. The molecule has 0 atom stereocenters. The van der Waals surface area contributed by atoms with Gasteiger partial charge < -0.3 is 9.64 Å². The van der Waals surface area contributed by atoms with Crippen molar-refractivity contribution in [1.29, 1.82) is 0 Å². The zero-order valence-corrected chi connectivity index (χ0v) is 18.9. The minimum Gasteiger partial charge on any atom is -0.372 e. The second kappa shape index (κ2) is 8.03. The van der Waals surface area contributed by atoms with Crippen molar-refractivity contribution in [3.63, 3.8) is 0 Å². The Hall–Kier alpha value is -2.39. The van der Waals surface area contributed by atoms with Gasteiger partial charge in [-0.15, -0.1) is 0 Å². The Morgan fingerprint density at radius 2 is 2.10 bits per heavy atom. The molecule has 3 aromatic rings. The number of aromatic nitrogens is 4. The minimum atomic E-state index is -0.468. The normalized spacial score (nSPS) is 16.2. The molecule has 1 saturated heterocycles. The van der Waals surface area contributed by atoms with Gasteiger partial charge in [0, 0.05) is 49.5 Å². The van der Waals surface area contributed by atoms with Crippen LogP contribution in [0.3, 0.4) is 0 Å². The number of hydrogen-bond donors (Lipinski definition) is 0. The van der Waals surface area contributed by atoms with E-state index in [1.54, 1.807) is 40.0 Å². The first-order valence-electron chi connectivity index (χ1n) is 9.95. The van der Waals surface area contributed by atoms with Crippen molar-refractivity contribution in [1.82, 2.24) is 18.9 Å². The summed E-state index contributed by atoms with van der Waals surface area (Å²) in [6.07, 6.45) is 6.92. The molecular weight excluding hydrogens is 453 g/mol. The Kier molecular flexibility index (Phi) is 5.59. The molecule has 7 nitrogen and oxygen atoms in total. The van der Waals surface area contributed by atoms with Gasteiger partial charge in [-0.25, -0.2) is 9.18 Å². The smallest absolute Gasteiger partial charge is 0.333 e. The van der Waals surface area contributed by atoms with Crippen molar-refractivity contribution in [3.8, 4) is 5.69 Å². The summed E-state index contributed by atoms with van der Waals surface area (Å²) in [5, 5.41) is 4.24. The lowest BCUT2D eigenvalue weighted by Crippen LogP contribution is -2.48. The Bertz CT molecular complexity index is 1120. The minimum absolute atomic E-state index is 0.219. The van der Waals surface area contributed by atoms with Crippen LogP contribution in [0.4, 0.5) is 10.1 Å². The number of morpholine rings is 1. The average Bonchev–Trinajstić information content (AvgIpc) is 3.30. The fourth-order valence-electron chi connectivity index (χ4n) is 3.73. The van der Waals surface area contributed by atoms with Crippen molar-refractivity contribution in [3.05, 3.63) is 63.3 Å². The maximum atomic E-state index is 15.0. The van der Waals surface area contributed by atoms with Gasteiger partial charge in [-0.05, 0) is 48.8 Å². The van der Waals surface area contributed by atoms with E-state index in [1.807, 2.05) is 27.0 Å². The predicted molar refractivity (Wildman–Crippen MR) is 117 cm³/mol. The molecule has 0 aliphatic carbocycles.